The molecule has 5 nitrogen and oxygen atoms in total. The van der Waals surface area contributed by atoms with Gasteiger partial charge >= 0.3 is 0 Å². The second kappa shape index (κ2) is 4.74. The monoisotopic (exact) mass is 272 g/mol. The van der Waals surface area contributed by atoms with Gasteiger partial charge in [0.2, 0.25) is 0 Å². The second-order valence-corrected chi connectivity index (χ2v) is 5.88. The molecule has 2 atom stereocenters. The first kappa shape index (κ1) is 12.1. The first-order valence-corrected chi connectivity index (χ1v) is 7.56. The van der Waals surface area contributed by atoms with Crippen LogP contribution in [0, 0.1) is 0 Å². The summed E-state index contributed by atoms with van der Waals surface area (Å²) in [7, 11) is 0. The lowest BCUT2D eigenvalue weighted by atomic mass is 10.0. The van der Waals surface area contributed by atoms with Crippen molar-refractivity contribution in [2.45, 2.75) is 57.3 Å². The van der Waals surface area contributed by atoms with Crippen molar-refractivity contribution in [2.24, 2.45) is 0 Å². The Balaban J connectivity index is 1.63. The maximum atomic E-state index is 5.90. The zero-order chi connectivity index (χ0) is 13.5. The first-order valence-electron chi connectivity index (χ1n) is 7.56. The number of aryl methyl sites for hydroxylation is 1. The topological polar surface area (TPSA) is 62.8 Å². The van der Waals surface area contributed by atoms with Gasteiger partial charge in [0, 0.05) is 12.2 Å². The molecule has 0 aromatic carbocycles. The van der Waals surface area contributed by atoms with Gasteiger partial charge in [0.05, 0.1) is 17.6 Å². The third kappa shape index (κ3) is 1.97. The Morgan fingerprint density at radius 1 is 1.30 bits per heavy atom. The van der Waals surface area contributed by atoms with Gasteiger partial charge in [0.15, 0.2) is 0 Å². The molecular formula is C15H20N4O. The van der Waals surface area contributed by atoms with E-state index in [4.69, 9.17) is 4.74 Å². The van der Waals surface area contributed by atoms with Gasteiger partial charge in [-0.05, 0) is 37.7 Å². The molecule has 0 amide bonds. The average molecular weight is 272 g/mol. The van der Waals surface area contributed by atoms with Gasteiger partial charge in [-0.15, -0.1) is 0 Å². The third-order valence-corrected chi connectivity index (χ3v) is 4.56. The highest BCUT2D eigenvalue weighted by Crippen LogP contribution is 2.34. The summed E-state index contributed by atoms with van der Waals surface area (Å²) >= 11 is 0. The van der Waals surface area contributed by atoms with Crippen molar-refractivity contribution < 1.29 is 4.74 Å². The number of ether oxygens (including phenoxy) is 1. The summed E-state index contributed by atoms with van der Waals surface area (Å²) in [5.74, 6) is 0.972. The van der Waals surface area contributed by atoms with Crippen molar-refractivity contribution in [1.82, 2.24) is 15.0 Å². The van der Waals surface area contributed by atoms with Gasteiger partial charge in [-0.3, -0.25) is 0 Å². The smallest absolute Gasteiger partial charge is 0.143 e. The molecule has 20 heavy (non-hydrogen) atoms. The van der Waals surface area contributed by atoms with Crippen LogP contribution in [0.4, 0.5) is 5.82 Å². The quantitative estimate of drug-likeness (QED) is 0.901. The molecule has 2 saturated heterocycles. The van der Waals surface area contributed by atoms with Gasteiger partial charge in [0.1, 0.15) is 17.8 Å². The highest BCUT2D eigenvalue weighted by molar-refractivity contribution is 5.90. The molecule has 2 N–H and O–H groups in total. The molecule has 2 aromatic rings. The Morgan fingerprint density at radius 2 is 2.10 bits per heavy atom. The molecule has 0 aliphatic carbocycles. The Labute approximate surface area is 118 Å². The van der Waals surface area contributed by atoms with E-state index in [1.54, 1.807) is 6.33 Å². The number of H-pyrrole nitrogens is 1. The SMILES string of the molecule is CCc1c[nH]c2ncnc(NC3CC4CCC(C3)O4)c12. The molecule has 0 spiro atoms. The summed E-state index contributed by atoms with van der Waals surface area (Å²) < 4.78 is 5.90. The summed E-state index contributed by atoms with van der Waals surface area (Å²) in [6, 6.07) is 0.471. The highest BCUT2D eigenvalue weighted by Gasteiger charge is 2.35. The van der Waals surface area contributed by atoms with Gasteiger partial charge in [0.25, 0.3) is 0 Å². The molecule has 4 rings (SSSR count). The van der Waals surface area contributed by atoms with Crippen molar-refractivity contribution in [1.29, 1.82) is 0 Å². The van der Waals surface area contributed by atoms with Crippen molar-refractivity contribution >= 4 is 16.9 Å². The van der Waals surface area contributed by atoms with Gasteiger partial charge < -0.3 is 15.0 Å². The van der Waals surface area contributed by atoms with Crippen molar-refractivity contribution in [3.63, 3.8) is 0 Å². The maximum Gasteiger partial charge on any atom is 0.143 e. The fourth-order valence-corrected chi connectivity index (χ4v) is 3.58. The van der Waals surface area contributed by atoms with E-state index in [-0.39, 0.29) is 0 Å². The molecule has 106 valence electrons. The number of nitrogens with one attached hydrogen (secondary N) is 2. The van der Waals surface area contributed by atoms with E-state index in [9.17, 15) is 0 Å². The predicted molar refractivity (Wildman–Crippen MR) is 77.8 cm³/mol. The molecule has 2 aromatic heterocycles. The Kier molecular flexibility index (Phi) is 2.88. The second-order valence-electron chi connectivity index (χ2n) is 5.88. The van der Waals surface area contributed by atoms with Gasteiger partial charge in [-0.1, -0.05) is 6.92 Å². The molecule has 5 heteroatoms. The number of hydrogen-bond donors (Lipinski definition) is 2. The Morgan fingerprint density at radius 3 is 2.85 bits per heavy atom. The number of aromatic amines is 1. The largest absolute Gasteiger partial charge is 0.375 e. The van der Waals surface area contributed by atoms with Crippen LogP contribution in [0.15, 0.2) is 12.5 Å². The lowest BCUT2D eigenvalue weighted by Crippen LogP contribution is -2.34. The summed E-state index contributed by atoms with van der Waals surface area (Å²) in [5.41, 5.74) is 2.20. The molecular weight excluding hydrogens is 252 g/mol. The molecule has 4 heterocycles. The van der Waals surface area contributed by atoms with E-state index in [0.717, 1.165) is 36.1 Å². The average Bonchev–Trinajstić information content (AvgIpc) is 3.03. The van der Waals surface area contributed by atoms with E-state index in [1.165, 1.54) is 18.4 Å². The van der Waals surface area contributed by atoms with E-state index in [1.807, 2.05) is 6.20 Å². The number of hydrogen-bond acceptors (Lipinski definition) is 4. The fraction of sp³-hybridized carbons (Fsp3) is 0.600. The van der Waals surface area contributed by atoms with Crippen LogP contribution in [0.2, 0.25) is 0 Å². The fourth-order valence-electron chi connectivity index (χ4n) is 3.58. The van der Waals surface area contributed by atoms with Crippen LogP contribution in [0.3, 0.4) is 0 Å². The van der Waals surface area contributed by atoms with Crippen LogP contribution in [-0.2, 0) is 11.2 Å². The van der Waals surface area contributed by atoms with E-state index in [0.29, 0.717) is 18.2 Å². The maximum absolute atomic E-state index is 5.90. The number of aromatic nitrogens is 3. The number of fused-ring (bicyclic) bond motifs is 3. The molecule has 2 aliphatic rings. The van der Waals surface area contributed by atoms with Crippen LogP contribution in [0.25, 0.3) is 11.0 Å². The standard InChI is InChI=1S/C15H20N4O/c1-2-9-7-16-14-13(9)15(18-8-17-14)19-10-5-11-3-4-12(6-10)20-11/h7-8,10-12H,2-6H2,1H3,(H2,16,17,18,19). The van der Waals surface area contributed by atoms with Gasteiger partial charge in [-0.25, -0.2) is 9.97 Å². The summed E-state index contributed by atoms with van der Waals surface area (Å²) in [4.78, 5) is 12.0. The lowest BCUT2D eigenvalue weighted by molar-refractivity contribution is 0.000673. The van der Waals surface area contributed by atoms with Crippen LogP contribution in [-0.4, -0.2) is 33.2 Å². The Hall–Kier alpha value is -1.62. The Bertz CT molecular complexity index is 611. The van der Waals surface area contributed by atoms with E-state index >= 15 is 0 Å². The molecule has 0 radical (unpaired) electrons. The van der Waals surface area contributed by atoms with Crippen LogP contribution in [0.5, 0.6) is 0 Å². The first-order chi connectivity index (χ1) is 9.83. The van der Waals surface area contributed by atoms with E-state index in [2.05, 4.69) is 27.2 Å². The minimum absolute atomic E-state index is 0.445. The third-order valence-electron chi connectivity index (χ3n) is 4.56. The minimum Gasteiger partial charge on any atom is -0.375 e. The molecule has 2 aliphatic heterocycles. The summed E-state index contributed by atoms with van der Waals surface area (Å²) in [5, 5.41) is 4.78. The van der Waals surface area contributed by atoms with Crippen molar-refractivity contribution in [3.05, 3.63) is 18.1 Å². The van der Waals surface area contributed by atoms with Crippen LogP contribution < -0.4 is 5.32 Å². The molecule has 2 unspecified atom stereocenters. The predicted octanol–water partition coefficient (Wildman–Crippen LogP) is 2.64. The number of nitrogens with zero attached hydrogens (tertiary/aromatic N) is 2. The van der Waals surface area contributed by atoms with Crippen LogP contribution >= 0.6 is 0 Å². The van der Waals surface area contributed by atoms with Crippen molar-refractivity contribution in [2.75, 3.05) is 5.32 Å². The van der Waals surface area contributed by atoms with E-state index < -0.39 is 0 Å². The minimum atomic E-state index is 0.445. The normalized spacial score (nSPS) is 28.9. The zero-order valence-electron chi connectivity index (χ0n) is 11.7. The highest BCUT2D eigenvalue weighted by atomic mass is 16.5. The molecule has 2 bridgehead atoms. The zero-order valence-corrected chi connectivity index (χ0v) is 11.7. The number of rotatable bonds is 3. The summed E-state index contributed by atoms with van der Waals surface area (Å²) in [6.07, 6.45) is 10.2. The van der Waals surface area contributed by atoms with Gasteiger partial charge in [-0.2, -0.15) is 0 Å². The molecule has 0 saturated carbocycles. The van der Waals surface area contributed by atoms with Crippen molar-refractivity contribution in [3.8, 4) is 0 Å². The molecule has 2 fully saturated rings. The lowest BCUT2D eigenvalue weighted by Gasteiger charge is -2.29. The number of anilines is 1. The summed E-state index contributed by atoms with van der Waals surface area (Å²) in [6.45, 7) is 2.16. The van der Waals surface area contributed by atoms with Crippen LogP contribution in [0.1, 0.15) is 38.2 Å².